The molecule has 2 aromatic rings. The van der Waals surface area contributed by atoms with Gasteiger partial charge in [0.25, 0.3) is 11.7 Å². The van der Waals surface area contributed by atoms with Crippen molar-refractivity contribution in [1.82, 2.24) is 9.78 Å². The molecule has 0 saturated heterocycles. The van der Waals surface area contributed by atoms with E-state index in [0.717, 1.165) is 0 Å². The number of carbonyl (C=O) groups is 2. The zero-order valence-electron chi connectivity index (χ0n) is 12.8. The van der Waals surface area contributed by atoms with Crippen LogP contribution >= 0.6 is 0 Å². The van der Waals surface area contributed by atoms with E-state index in [1.807, 2.05) is 0 Å². The molecule has 0 unspecified atom stereocenters. The molecular formula is C15H15F2N3O3. The summed E-state index contributed by atoms with van der Waals surface area (Å²) in [7, 11) is 1.66. The van der Waals surface area contributed by atoms with Gasteiger partial charge in [0, 0.05) is 12.7 Å². The maximum atomic E-state index is 12.4. The van der Waals surface area contributed by atoms with Crippen LogP contribution in [-0.4, -0.2) is 28.1 Å². The maximum absolute atomic E-state index is 12.4. The number of anilines is 1. The highest BCUT2D eigenvalue weighted by atomic mass is 19.3. The second kappa shape index (κ2) is 6.55. The molecule has 0 aliphatic heterocycles. The number of nitrogens with one attached hydrogen (secondary N) is 1. The molecule has 8 heteroatoms. The van der Waals surface area contributed by atoms with Crippen molar-refractivity contribution < 1.29 is 23.1 Å². The number of aryl methyl sites for hydroxylation is 2. The largest absolute Gasteiger partial charge is 0.433 e. The summed E-state index contributed by atoms with van der Waals surface area (Å²) in [4.78, 5) is 24.4. The molecule has 0 aliphatic rings. The molecule has 0 atom stereocenters. The van der Waals surface area contributed by atoms with Gasteiger partial charge in [-0.3, -0.25) is 14.3 Å². The molecule has 1 aromatic carbocycles. The fourth-order valence-electron chi connectivity index (χ4n) is 2.16. The van der Waals surface area contributed by atoms with Crippen LogP contribution in [0.3, 0.4) is 0 Å². The predicted molar refractivity (Wildman–Crippen MR) is 78.7 cm³/mol. The Bertz CT molecular complexity index is 756. The number of hydrogen-bond acceptors (Lipinski definition) is 4. The molecule has 0 bridgehead atoms. The molecular weight excluding hydrogens is 308 g/mol. The van der Waals surface area contributed by atoms with Crippen LogP contribution in [0.2, 0.25) is 0 Å². The summed E-state index contributed by atoms with van der Waals surface area (Å²) in [6.07, 6.45) is 0. The van der Waals surface area contributed by atoms with Crippen molar-refractivity contribution in [3.05, 3.63) is 41.2 Å². The predicted octanol–water partition coefficient (Wildman–Crippen LogP) is 2.46. The molecule has 6 nitrogen and oxygen atoms in total. The minimum absolute atomic E-state index is 0.00894. The van der Waals surface area contributed by atoms with E-state index in [-0.39, 0.29) is 17.0 Å². The second-order valence-electron chi connectivity index (χ2n) is 4.83. The lowest BCUT2D eigenvalue weighted by molar-refractivity contribution is -0.112. The van der Waals surface area contributed by atoms with Crippen molar-refractivity contribution in [2.24, 2.45) is 7.05 Å². The Kier molecular flexibility index (Phi) is 4.73. The summed E-state index contributed by atoms with van der Waals surface area (Å²) in [5.74, 6) is -1.96. The Morgan fingerprint density at radius 2 is 1.91 bits per heavy atom. The Morgan fingerprint density at radius 1 is 1.26 bits per heavy atom. The number of aromatic nitrogens is 2. The minimum Gasteiger partial charge on any atom is -0.433 e. The normalized spacial score (nSPS) is 10.7. The number of alkyl halides is 2. The van der Waals surface area contributed by atoms with E-state index in [4.69, 9.17) is 0 Å². The van der Waals surface area contributed by atoms with Gasteiger partial charge in [0.05, 0.1) is 16.9 Å². The SMILES string of the molecule is Cc1nn(C)c(C)c1C(=O)C(=O)Nc1ccccc1OC(F)F. The van der Waals surface area contributed by atoms with Crippen LogP contribution in [0.4, 0.5) is 14.5 Å². The fraction of sp³-hybridized carbons (Fsp3) is 0.267. The van der Waals surface area contributed by atoms with Gasteiger partial charge in [-0.05, 0) is 26.0 Å². The summed E-state index contributed by atoms with van der Waals surface area (Å²) >= 11 is 0. The number of nitrogens with zero attached hydrogens (tertiary/aromatic N) is 2. The summed E-state index contributed by atoms with van der Waals surface area (Å²) in [6.45, 7) is 0.238. The van der Waals surface area contributed by atoms with E-state index < -0.39 is 18.3 Å². The van der Waals surface area contributed by atoms with Crippen molar-refractivity contribution in [1.29, 1.82) is 0 Å². The summed E-state index contributed by atoms with van der Waals surface area (Å²) in [5.41, 5.74) is 1.14. The number of carbonyl (C=O) groups excluding carboxylic acids is 2. The number of amides is 1. The van der Waals surface area contributed by atoms with E-state index in [1.165, 1.54) is 28.9 Å². The fourth-order valence-corrected chi connectivity index (χ4v) is 2.16. The molecule has 0 saturated carbocycles. The number of hydrogen-bond donors (Lipinski definition) is 1. The molecule has 0 spiro atoms. The topological polar surface area (TPSA) is 73.2 Å². The van der Waals surface area contributed by atoms with Gasteiger partial charge >= 0.3 is 6.61 Å². The lowest BCUT2D eigenvalue weighted by Gasteiger charge is -2.11. The van der Waals surface area contributed by atoms with Crippen LogP contribution in [0.15, 0.2) is 24.3 Å². The van der Waals surface area contributed by atoms with E-state index in [9.17, 15) is 18.4 Å². The minimum atomic E-state index is -3.04. The summed E-state index contributed by atoms with van der Waals surface area (Å²) in [6, 6.07) is 5.64. The van der Waals surface area contributed by atoms with Crippen LogP contribution in [0.1, 0.15) is 21.7 Å². The first-order chi connectivity index (χ1) is 10.8. The van der Waals surface area contributed by atoms with E-state index in [0.29, 0.717) is 11.4 Å². The lowest BCUT2D eigenvalue weighted by atomic mass is 10.1. The van der Waals surface area contributed by atoms with Gasteiger partial charge in [0.2, 0.25) is 0 Å². The number of ether oxygens (including phenoxy) is 1. The van der Waals surface area contributed by atoms with E-state index in [1.54, 1.807) is 20.9 Å². The van der Waals surface area contributed by atoms with Crippen LogP contribution in [0.25, 0.3) is 0 Å². The van der Waals surface area contributed by atoms with E-state index in [2.05, 4.69) is 15.2 Å². The number of Topliss-reactive ketones (excluding diaryl/α,β-unsaturated/α-hetero) is 1. The average molecular weight is 323 g/mol. The van der Waals surface area contributed by atoms with E-state index >= 15 is 0 Å². The number of para-hydroxylation sites is 2. The highest BCUT2D eigenvalue weighted by molar-refractivity contribution is 6.47. The van der Waals surface area contributed by atoms with Gasteiger partial charge in [-0.2, -0.15) is 13.9 Å². The third kappa shape index (κ3) is 3.53. The van der Waals surface area contributed by atoms with Gasteiger partial charge < -0.3 is 10.1 Å². The Balaban J connectivity index is 2.24. The molecule has 2 rings (SSSR count). The lowest BCUT2D eigenvalue weighted by Crippen LogP contribution is -2.24. The summed E-state index contributed by atoms with van der Waals surface area (Å²) < 4.78 is 30.5. The van der Waals surface area contributed by atoms with Gasteiger partial charge in [-0.15, -0.1) is 0 Å². The molecule has 1 amide bonds. The Labute approximate surface area is 131 Å². The standard InChI is InChI=1S/C15H15F2N3O3/c1-8-12(9(2)20(3)19-8)13(21)14(22)18-10-6-4-5-7-11(10)23-15(16)17/h4-7,15H,1-3H3,(H,18,22). The van der Waals surface area contributed by atoms with Crippen molar-refractivity contribution in [3.63, 3.8) is 0 Å². The quantitative estimate of drug-likeness (QED) is 0.677. The number of ketones is 1. The third-order valence-corrected chi connectivity index (χ3v) is 3.29. The average Bonchev–Trinajstić information content (AvgIpc) is 2.73. The smallest absolute Gasteiger partial charge is 0.387 e. The van der Waals surface area contributed by atoms with Crippen LogP contribution < -0.4 is 10.1 Å². The van der Waals surface area contributed by atoms with Gasteiger partial charge in [0.15, 0.2) is 0 Å². The first-order valence-electron chi connectivity index (χ1n) is 6.71. The highest BCUT2D eigenvalue weighted by Gasteiger charge is 2.24. The molecule has 1 N–H and O–H groups in total. The zero-order chi connectivity index (χ0) is 17.1. The Hall–Kier alpha value is -2.77. The van der Waals surface area contributed by atoms with Gasteiger partial charge in [-0.25, -0.2) is 0 Å². The zero-order valence-corrected chi connectivity index (χ0v) is 12.8. The molecule has 0 radical (unpaired) electrons. The monoisotopic (exact) mass is 323 g/mol. The molecule has 1 aromatic heterocycles. The summed E-state index contributed by atoms with van der Waals surface area (Å²) in [5, 5.41) is 6.36. The van der Waals surface area contributed by atoms with Crippen molar-refractivity contribution >= 4 is 17.4 Å². The number of rotatable bonds is 5. The molecule has 0 aliphatic carbocycles. The second-order valence-corrected chi connectivity index (χ2v) is 4.83. The van der Waals surface area contributed by atoms with Crippen LogP contribution in [0.5, 0.6) is 5.75 Å². The van der Waals surface area contributed by atoms with Gasteiger partial charge in [0.1, 0.15) is 5.75 Å². The maximum Gasteiger partial charge on any atom is 0.387 e. The first kappa shape index (κ1) is 16.6. The number of benzene rings is 1. The molecule has 1 heterocycles. The van der Waals surface area contributed by atoms with Crippen molar-refractivity contribution in [2.75, 3.05) is 5.32 Å². The highest BCUT2D eigenvalue weighted by Crippen LogP contribution is 2.26. The van der Waals surface area contributed by atoms with Crippen molar-refractivity contribution in [2.45, 2.75) is 20.5 Å². The van der Waals surface area contributed by atoms with Crippen LogP contribution in [0, 0.1) is 13.8 Å². The Morgan fingerprint density at radius 3 is 2.48 bits per heavy atom. The number of halogens is 2. The van der Waals surface area contributed by atoms with Crippen LogP contribution in [-0.2, 0) is 11.8 Å². The molecule has 0 fully saturated rings. The molecule has 23 heavy (non-hydrogen) atoms. The first-order valence-corrected chi connectivity index (χ1v) is 6.71. The third-order valence-electron chi connectivity index (χ3n) is 3.29. The van der Waals surface area contributed by atoms with Gasteiger partial charge in [-0.1, -0.05) is 12.1 Å². The molecule has 122 valence electrons. The van der Waals surface area contributed by atoms with Crippen molar-refractivity contribution in [3.8, 4) is 5.75 Å².